The number of hydrogen-bond donors (Lipinski definition) is 0. The molecule has 2 aliphatic heterocycles. The molecule has 0 N–H and O–H groups in total. The molecule has 3 aromatic rings. The maximum absolute atomic E-state index is 13.4. The minimum absolute atomic E-state index is 0.139. The standard InChI is InChI=1S/C32H30ClN3O2/c33-28-3-1-2-27(18-28)24-6-4-22(5-7-24)23-8-10-25(11-9-23)29-34-32(15-16-32)31(38)36(29)20-21-14-17-35(19-21)30(37)26-12-13-26/h1-11,18,21,26H,12-17,19-20H2. The van der Waals surface area contributed by atoms with Gasteiger partial charge in [-0.25, -0.2) is 0 Å². The largest absolute Gasteiger partial charge is 0.342 e. The van der Waals surface area contributed by atoms with E-state index >= 15 is 0 Å². The summed E-state index contributed by atoms with van der Waals surface area (Å²) >= 11 is 6.16. The van der Waals surface area contributed by atoms with Crippen molar-refractivity contribution < 1.29 is 9.59 Å². The highest BCUT2D eigenvalue weighted by atomic mass is 35.5. The fraction of sp³-hybridized carbons (Fsp3) is 0.344. The van der Waals surface area contributed by atoms with E-state index in [1.807, 2.05) is 28.0 Å². The minimum atomic E-state index is -0.535. The lowest BCUT2D eigenvalue weighted by Gasteiger charge is -2.23. The third kappa shape index (κ3) is 4.33. The summed E-state index contributed by atoms with van der Waals surface area (Å²) in [4.78, 5) is 34.8. The Kier molecular flexibility index (Phi) is 5.66. The molecule has 1 atom stereocenters. The molecule has 1 spiro atoms. The van der Waals surface area contributed by atoms with Crippen molar-refractivity contribution in [2.24, 2.45) is 16.8 Å². The van der Waals surface area contributed by atoms with Gasteiger partial charge in [0.15, 0.2) is 0 Å². The number of halogens is 1. The van der Waals surface area contributed by atoms with Gasteiger partial charge in [-0.05, 0) is 72.4 Å². The van der Waals surface area contributed by atoms with Crippen LogP contribution in [0.25, 0.3) is 22.3 Å². The number of amides is 2. The molecule has 4 aliphatic rings. The average molecular weight is 524 g/mol. The van der Waals surface area contributed by atoms with E-state index in [1.165, 1.54) is 0 Å². The first kappa shape index (κ1) is 23.7. The van der Waals surface area contributed by atoms with Gasteiger partial charge in [-0.2, -0.15) is 0 Å². The highest BCUT2D eigenvalue weighted by molar-refractivity contribution is 6.30. The fourth-order valence-electron chi connectivity index (χ4n) is 5.86. The van der Waals surface area contributed by atoms with Gasteiger partial charge >= 0.3 is 0 Å². The number of carbonyl (C=O) groups is 2. The Bertz CT molecular complexity index is 1440. The van der Waals surface area contributed by atoms with Crippen molar-refractivity contribution in [3.63, 3.8) is 0 Å². The van der Waals surface area contributed by atoms with Crippen molar-refractivity contribution in [2.75, 3.05) is 19.6 Å². The fourth-order valence-corrected chi connectivity index (χ4v) is 6.05. The van der Waals surface area contributed by atoms with E-state index in [9.17, 15) is 9.59 Å². The molecule has 38 heavy (non-hydrogen) atoms. The maximum atomic E-state index is 13.4. The van der Waals surface area contributed by atoms with E-state index in [2.05, 4.69) is 54.6 Å². The highest BCUT2D eigenvalue weighted by Crippen LogP contribution is 2.46. The Hall–Kier alpha value is -3.44. The minimum Gasteiger partial charge on any atom is -0.342 e. The molecular formula is C32H30ClN3O2. The van der Waals surface area contributed by atoms with Crippen LogP contribution in [0.2, 0.25) is 5.02 Å². The molecular weight excluding hydrogens is 494 g/mol. The van der Waals surface area contributed by atoms with Crippen molar-refractivity contribution in [3.8, 4) is 22.3 Å². The van der Waals surface area contributed by atoms with Gasteiger partial charge in [-0.15, -0.1) is 0 Å². The lowest BCUT2D eigenvalue weighted by atomic mass is 9.99. The lowest BCUT2D eigenvalue weighted by molar-refractivity contribution is -0.131. The zero-order chi connectivity index (χ0) is 25.9. The van der Waals surface area contributed by atoms with Gasteiger partial charge < -0.3 is 4.90 Å². The summed E-state index contributed by atoms with van der Waals surface area (Å²) in [7, 11) is 0. The summed E-state index contributed by atoms with van der Waals surface area (Å²) in [5.74, 6) is 1.80. The van der Waals surface area contributed by atoms with E-state index in [-0.39, 0.29) is 11.8 Å². The lowest BCUT2D eigenvalue weighted by Crippen LogP contribution is -2.40. The van der Waals surface area contributed by atoms with Crippen LogP contribution < -0.4 is 0 Å². The zero-order valence-corrected chi connectivity index (χ0v) is 22.0. The highest BCUT2D eigenvalue weighted by Gasteiger charge is 2.57. The van der Waals surface area contributed by atoms with Gasteiger partial charge in [0, 0.05) is 36.1 Å². The number of benzene rings is 3. The van der Waals surface area contributed by atoms with Crippen LogP contribution in [0.5, 0.6) is 0 Å². The molecule has 5 nitrogen and oxygen atoms in total. The summed E-state index contributed by atoms with van der Waals surface area (Å²) < 4.78 is 0. The molecule has 7 rings (SSSR count). The van der Waals surface area contributed by atoms with E-state index in [0.29, 0.717) is 18.4 Å². The van der Waals surface area contributed by atoms with Crippen molar-refractivity contribution in [3.05, 3.63) is 83.4 Å². The molecule has 2 heterocycles. The number of hydrogen-bond acceptors (Lipinski definition) is 3. The Morgan fingerprint density at radius 3 is 2.11 bits per heavy atom. The predicted molar refractivity (Wildman–Crippen MR) is 150 cm³/mol. The molecule has 0 bridgehead atoms. The van der Waals surface area contributed by atoms with Gasteiger partial charge in [0.25, 0.3) is 5.91 Å². The Morgan fingerprint density at radius 2 is 1.50 bits per heavy atom. The summed E-state index contributed by atoms with van der Waals surface area (Å²) in [6.07, 6.45) is 4.68. The monoisotopic (exact) mass is 523 g/mol. The molecule has 6 heteroatoms. The van der Waals surface area contributed by atoms with Crippen molar-refractivity contribution >= 4 is 29.3 Å². The second kappa shape index (κ2) is 9.09. The number of amidine groups is 1. The molecule has 0 radical (unpaired) electrons. The second-order valence-electron chi connectivity index (χ2n) is 11.3. The molecule has 3 aromatic carbocycles. The first-order chi connectivity index (χ1) is 18.5. The zero-order valence-electron chi connectivity index (χ0n) is 21.3. The second-order valence-corrected chi connectivity index (χ2v) is 11.7. The quantitative estimate of drug-likeness (QED) is 0.394. The number of carbonyl (C=O) groups excluding carboxylic acids is 2. The summed E-state index contributed by atoms with van der Waals surface area (Å²) in [6, 6.07) is 24.8. The maximum Gasteiger partial charge on any atom is 0.256 e. The van der Waals surface area contributed by atoms with Crippen LogP contribution in [0.3, 0.4) is 0 Å². The molecule has 2 aliphatic carbocycles. The van der Waals surface area contributed by atoms with Gasteiger partial charge in [-0.1, -0.05) is 72.3 Å². The van der Waals surface area contributed by atoms with E-state index in [0.717, 1.165) is 83.9 Å². The van der Waals surface area contributed by atoms with Crippen molar-refractivity contribution in [2.45, 2.75) is 37.6 Å². The van der Waals surface area contributed by atoms with Crippen LogP contribution in [0.15, 0.2) is 77.8 Å². The number of nitrogens with zero attached hydrogens (tertiary/aromatic N) is 3. The molecule has 2 saturated carbocycles. The van der Waals surface area contributed by atoms with Crippen LogP contribution in [-0.4, -0.2) is 52.6 Å². The number of rotatable bonds is 6. The Morgan fingerprint density at radius 1 is 0.868 bits per heavy atom. The third-order valence-electron chi connectivity index (χ3n) is 8.43. The van der Waals surface area contributed by atoms with E-state index in [4.69, 9.17) is 16.6 Å². The Balaban J connectivity index is 1.08. The molecule has 2 amide bonds. The predicted octanol–water partition coefficient (Wildman–Crippen LogP) is 6.05. The van der Waals surface area contributed by atoms with Gasteiger partial charge in [-0.3, -0.25) is 19.5 Å². The molecule has 1 unspecified atom stereocenters. The van der Waals surface area contributed by atoms with Gasteiger partial charge in [0.05, 0.1) is 0 Å². The number of aliphatic imine (C=N–C) groups is 1. The Labute approximate surface area is 228 Å². The normalized spacial score (nSPS) is 21.8. The molecule has 3 fully saturated rings. The molecule has 192 valence electrons. The van der Waals surface area contributed by atoms with Gasteiger partial charge in [0.2, 0.25) is 5.91 Å². The third-order valence-corrected chi connectivity index (χ3v) is 8.66. The smallest absolute Gasteiger partial charge is 0.256 e. The molecule has 1 saturated heterocycles. The number of likely N-dealkylation sites (tertiary alicyclic amines) is 1. The van der Waals surface area contributed by atoms with Crippen molar-refractivity contribution in [1.29, 1.82) is 0 Å². The summed E-state index contributed by atoms with van der Waals surface area (Å²) in [5.41, 5.74) is 4.92. The first-order valence-electron chi connectivity index (χ1n) is 13.7. The SMILES string of the molecule is O=C(C1CC1)N1CCC(CN2C(=O)C3(CC3)N=C2c2ccc(-c3ccc(-c4cccc(Cl)c4)cc3)cc2)C1. The van der Waals surface area contributed by atoms with Crippen LogP contribution in [0.1, 0.15) is 37.7 Å². The first-order valence-corrected chi connectivity index (χ1v) is 14.0. The summed E-state index contributed by atoms with van der Waals surface area (Å²) in [5, 5.41) is 0.731. The van der Waals surface area contributed by atoms with Crippen LogP contribution in [0, 0.1) is 11.8 Å². The summed E-state index contributed by atoms with van der Waals surface area (Å²) in [6.45, 7) is 2.20. The van der Waals surface area contributed by atoms with Crippen LogP contribution >= 0.6 is 11.6 Å². The van der Waals surface area contributed by atoms with E-state index < -0.39 is 5.54 Å². The molecule has 0 aromatic heterocycles. The van der Waals surface area contributed by atoms with Crippen molar-refractivity contribution in [1.82, 2.24) is 9.80 Å². The topological polar surface area (TPSA) is 53.0 Å². The van der Waals surface area contributed by atoms with E-state index in [1.54, 1.807) is 0 Å². The van der Waals surface area contributed by atoms with Crippen LogP contribution in [0.4, 0.5) is 0 Å². The van der Waals surface area contributed by atoms with Gasteiger partial charge in [0.1, 0.15) is 11.4 Å². The van der Waals surface area contributed by atoms with Crippen LogP contribution in [-0.2, 0) is 9.59 Å². The average Bonchev–Trinajstić information content (AvgIpc) is 3.87.